The fourth-order valence-electron chi connectivity index (χ4n) is 4.15. The monoisotopic (exact) mass is 335 g/mol. The van der Waals surface area contributed by atoms with Gasteiger partial charge in [0.05, 0.1) is 18.2 Å². The first-order valence-corrected chi connectivity index (χ1v) is 8.83. The van der Waals surface area contributed by atoms with Gasteiger partial charge < -0.3 is 10.0 Å². The Hall–Kier alpha value is -2.46. The second-order valence-electron chi connectivity index (χ2n) is 6.93. The van der Waals surface area contributed by atoms with Crippen LogP contribution in [0.15, 0.2) is 54.6 Å². The van der Waals surface area contributed by atoms with Crippen molar-refractivity contribution in [3.8, 4) is 0 Å². The molecule has 128 valence electrons. The topological polar surface area (TPSA) is 57.6 Å². The van der Waals surface area contributed by atoms with Crippen LogP contribution in [0.1, 0.15) is 36.8 Å². The van der Waals surface area contributed by atoms with Crippen LogP contribution < -0.4 is 4.90 Å². The van der Waals surface area contributed by atoms with Crippen molar-refractivity contribution in [3.05, 3.63) is 65.7 Å². The summed E-state index contributed by atoms with van der Waals surface area (Å²) in [5.41, 5.74) is 0.529. The molecule has 0 aromatic heterocycles. The van der Waals surface area contributed by atoms with Gasteiger partial charge >= 0.3 is 0 Å². The lowest BCUT2D eigenvalue weighted by atomic mass is 9.73. The smallest absolute Gasteiger partial charge is 0.264 e. The molecule has 4 rings (SSSR count). The van der Waals surface area contributed by atoms with Gasteiger partial charge in [-0.2, -0.15) is 0 Å². The molecule has 25 heavy (non-hydrogen) atoms. The molecule has 2 unspecified atom stereocenters. The molecule has 1 saturated carbocycles. The number of carbonyl (C=O) groups excluding carboxylic acids is 2. The highest BCUT2D eigenvalue weighted by Gasteiger charge is 2.56. The van der Waals surface area contributed by atoms with E-state index in [-0.39, 0.29) is 11.7 Å². The van der Waals surface area contributed by atoms with E-state index < -0.39 is 11.5 Å². The van der Waals surface area contributed by atoms with E-state index in [2.05, 4.69) is 0 Å². The maximum absolute atomic E-state index is 13.3. The summed E-state index contributed by atoms with van der Waals surface area (Å²) in [6.07, 6.45) is 2.72. The van der Waals surface area contributed by atoms with Crippen molar-refractivity contribution in [2.75, 3.05) is 4.90 Å². The van der Waals surface area contributed by atoms with Crippen molar-refractivity contribution in [1.29, 1.82) is 0 Å². The Kier molecular flexibility index (Phi) is 3.92. The molecule has 1 aliphatic heterocycles. The van der Waals surface area contributed by atoms with Crippen molar-refractivity contribution in [2.24, 2.45) is 5.92 Å². The summed E-state index contributed by atoms with van der Waals surface area (Å²) in [5.74, 6) is -1.02. The van der Waals surface area contributed by atoms with E-state index in [4.69, 9.17) is 0 Å². The van der Waals surface area contributed by atoms with Crippen molar-refractivity contribution in [3.63, 3.8) is 0 Å². The van der Waals surface area contributed by atoms with Gasteiger partial charge in [0.15, 0.2) is 5.60 Å². The number of ketones is 1. The number of aliphatic hydroxyl groups is 1. The number of amides is 1. The summed E-state index contributed by atoms with van der Waals surface area (Å²) in [6, 6.07) is 17.0. The number of benzene rings is 2. The highest BCUT2D eigenvalue weighted by Crippen LogP contribution is 2.48. The van der Waals surface area contributed by atoms with Gasteiger partial charge in [0.2, 0.25) is 0 Å². The van der Waals surface area contributed by atoms with Gasteiger partial charge in [-0.05, 0) is 24.5 Å². The molecule has 2 aromatic rings. The third-order valence-electron chi connectivity index (χ3n) is 5.42. The van der Waals surface area contributed by atoms with Crippen molar-refractivity contribution in [2.45, 2.75) is 37.8 Å². The van der Waals surface area contributed by atoms with Crippen molar-refractivity contribution in [1.82, 2.24) is 0 Å². The maximum atomic E-state index is 13.3. The van der Waals surface area contributed by atoms with Crippen LogP contribution in [-0.2, 0) is 21.7 Å². The highest BCUT2D eigenvalue weighted by atomic mass is 16.3. The third-order valence-corrected chi connectivity index (χ3v) is 5.42. The largest absolute Gasteiger partial charge is 0.375 e. The Balaban J connectivity index is 1.77. The predicted octanol–water partition coefficient (Wildman–Crippen LogP) is 3.18. The van der Waals surface area contributed by atoms with E-state index in [0.717, 1.165) is 18.4 Å². The number of hydrogen-bond donors (Lipinski definition) is 1. The SMILES string of the molecule is O=C1CCCCC1C1(O)C(=O)N(Cc2ccccc2)c2ccccc21. The van der Waals surface area contributed by atoms with Gasteiger partial charge in [-0.25, -0.2) is 0 Å². The molecule has 4 nitrogen and oxygen atoms in total. The number of carbonyl (C=O) groups is 2. The Morgan fingerprint density at radius 3 is 2.48 bits per heavy atom. The fourth-order valence-corrected chi connectivity index (χ4v) is 4.15. The zero-order valence-electron chi connectivity index (χ0n) is 14.0. The molecule has 2 atom stereocenters. The number of Topliss-reactive ketones (excluding diaryl/α,β-unsaturated/α-hetero) is 1. The molecular weight excluding hydrogens is 314 g/mol. The quantitative estimate of drug-likeness (QED) is 0.937. The minimum Gasteiger partial charge on any atom is -0.375 e. The lowest BCUT2D eigenvalue weighted by molar-refractivity contribution is -0.152. The number of para-hydroxylation sites is 1. The second kappa shape index (κ2) is 6.12. The molecule has 0 radical (unpaired) electrons. The minimum absolute atomic E-state index is 0.00142. The van der Waals surface area contributed by atoms with Crippen molar-refractivity contribution >= 4 is 17.4 Å². The van der Waals surface area contributed by atoms with Gasteiger partial charge in [0.25, 0.3) is 5.91 Å². The maximum Gasteiger partial charge on any atom is 0.264 e. The molecular formula is C21H21NO3. The molecule has 1 aliphatic carbocycles. The normalized spacial score (nSPS) is 26.0. The Morgan fingerprint density at radius 1 is 1.00 bits per heavy atom. The molecule has 4 heteroatoms. The van der Waals surface area contributed by atoms with Gasteiger partial charge in [-0.3, -0.25) is 9.59 Å². The van der Waals surface area contributed by atoms with Crippen LogP contribution in [0.3, 0.4) is 0 Å². The lowest BCUT2D eigenvalue weighted by Crippen LogP contribution is -2.49. The van der Waals surface area contributed by atoms with E-state index in [0.29, 0.717) is 30.6 Å². The van der Waals surface area contributed by atoms with Crippen LogP contribution in [-0.4, -0.2) is 16.8 Å². The molecule has 1 fully saturated rings. The average molecular weight is 335 g/mol. The average Bonchev–Trinajstić information content (AvgIpc) is 2.86. The van der Waals surface area contributed by atoms with Crippen molar-refractivity contribution < 1.29 is 14.7 Å². The molecule has 0 spiro atoms. The summed E-state index contributed by atoms with van der Waals surface area (Å²) in [4.78, 5) is 27.4. The fraction of sp³-hybridized carbons (Fsp3) is 0.333. The van der Waals surface area contributed by atoms with Crippen LogP contribution in [0.2, 0.25) is 0 Å². The van der Waals surface area contributed by atoms with E-state index in [1.807, 2.05) is 48.5 Å². The molecule has 2 aliphatic rings. The first-order chi connectivity index (χ1) is 12.1. The summed E-state index contributed by atoms with van der Waals surface area (Å²) in [7, 11) is 0. The van der Waals surface area contributed by atoms with E-state index in [9.17, 15) is 14.7 Å². The number of anilines is 1. The summed E-state index contributed by atoms with van der Waals surface area (Å²) in [5, 5.41) is 11.4. The Labute approximate surface area is 147 Å². The molecule has 0 bridgehead atoms. The lowest BCUT2D eigenvalue weighted by Gasteiger charge is -2.33. The summed E-state index contributed by atoms with van der Waals surface area (Å²) < 4.78 is 0. The third kappa shape index (κ3) is 2.48. The molecule has 2 aromatic carbocycles. The first-order valence-electron chi connectivity index (χ1n) is 8.83. The zero-order chi connectivity index (χ0) is 17.4. The van der Waals surface area contributed by atoms with Crippen LogP contribution in [0.4, 0.5) is 5.69 Å². The Bertz CT molecular complexity index is 817. The zero-order valence-corrected chi connectivity index (χ0v) is 14.0. The van der Waals surface area contributed by atoms with Crippen LogP contribution in [0.25, 0.3) is 0 Å². The van der Waals surface area contributed by atoms with Gasteiger partial charge in [0, 0.05) is 12.0 Å². The Morgan fingerprint density at radius 2 is 1.72 bits per heavy atom. The summed E-state index contributed by atoms with van der Waals surface area (Å²) in [6.45, 7) is 0.389. The highest BCUT2D eigenvalue weighted by molar-refractivity contribution is 6.09. The predicted molar refractivity (Wildman–Crippen MR) is 94.9 cm³/mol. The number of fused-ring (bicyclic) bond motifs is 1. The van der Waals surface area contributed by atoms with E-state index >= 15 is 0 Å². The number of rotatable bonds is 3. The number of hydrogen-bond acceptors (Lipinski definition) is 3. The second-order valence-corrected chi connectivity index (χ2v) is 6.93. The first kappa shape index (κ1) is 16.0. The van der Waals surface area contributed by atoms with Gasteiger partial charge in [-0.15, -0.1) is 0 Å². The van der Waals surface area contributed by atoms with Gasteiger partial charge in [-0.1, -0.05) is 55.0 Å². The van der Waals surface area contributed by atoms with E-state index in [1.54, 1.807) is 11.0 Å². The molecule has 0 saturated heterocycles. The number of nitrogens with zero attached hydrogens (tertiary/aromatic N) is 1. The molecule has 1 amide bonds. The van der Waals surface area contributed by atoms with Crippen LogP contribution in [0.5, 0.6) is 0 Å². The van der Waals surface area contributed by atoms with Crippen LogP contribution in [0, 0.1) is 5.92 Å². The summed E-state index contributed by atoms with van der Waals surface area (Å²) >= 11 is 0. The van der Waals surface area contributed by atoms with Gasteiger partial charge in [0.1, 0.15) is 5.78 Å². The standard InChI is InChI=1S/C21H21NO3/c23-19-13-7-5-11-17(19)21(25)16-10-4-6-12-18(16)22(20(21)24)14-15-8-2-1-3-9-15/h1-4,6,8-10,12,17,25H,5,7,11,13-14H2. The minimum atomic E-state index is -1.73. The molecule has 1 heterocycles. The van der Waals surface area contributed by atoms with E-state index in [1.165, 1.54) is 0 Å². The molecule has 1 N–H and O–H groups in total. The van der Waals surface area contributed by atoms with Crippen LogP contribution >= 0.6 is 0 Å².